The standard InChI is InChI=1S/C18H22ClN3O2/c1-22(2)16-9-5-14(6-10-16)17(23)12-21-18(24)20-11-13-3-7-15(19)8-4-13/h3-10,17,23H,11-12H2,1-2H3,(H2,20,21,24)/t17-/m0/s1. The van der Waals surface area contributed by atoms with Gasteiger partial charge in [0.1, 0.15) is 0 Å². The molecule has 3 N–H and O–H groups in total. The molecule has 5 nitrogen and oxygen atoms in total. The van der Waals surface area contributed by atoms with Crippen molar-refractivity contribution in [2.24, 2.45) is 0 Å². The topological polar surface area (TPSA) is 64.6 Å². The highest BCUT2D eigenvalue weighted by molar-refractivity contribution is 6.30. The Morgan fingerprint density at radius 2 is 1.71 bits per heavy atom. The van der Waals surface area contributed by atoms with Gasteiger partial charge in [0, 0.05) is 37.9 Å². The summed E-state index contributed by atoms with van der Waals surface area (Å²) in [5, 5.41) is 16.2. The van der Waals surface area contributed by atoms with E-state index in [1.807, 2.05) is 55.4 Å². The number of benzene rings is 2. The Hall–Kier alpha value is -2.24. The van der Waals surface area contributed by atoms with Gasteiger partial charge in [0.2, 0.25) is 0 Å². The molecule has 0 fully saturated rings. The lowest BCUT2D eigenvalue weighted by molar-refractivity contribution is 0.173. The molecule has 0 bridgehead atoms. The molecule has 0 heterocycles. The number of rotatable bonds is 6. The minimum atomic E-state index is -0.748. The van der Waals surface area contributed by atoms with Crippen molar-refractivity contribution >= 4 is 23.3 Å². The number of hydrogen-bond donors (Lipinski definition) is 3. The Kier molecular flexibility index (Phi) is 6.46. The second kappa shape index (κ2) is 8.57. The molecule has 6 heteroatoms. The average Bonchev–Trinajstić information content (AvgIpc) is 2.59. The minimum Gasteiger partial charge on any atom is -0.387 e. The van der Waals surface area contributed by atoms with Crippen molar-refractivity contribution in [2.75, 3.05) is 25.5 Å². The first-order chi connectivity index (χ1) is 11.5. The van der Waals surface area contributed by atoms with E-state index in [9.17, 15) is 9.90 Å². The highest BCUT2D eigenvalue weighted by atomic mass is 35.5. The number of anilines is 1. The number of amides is 2. The van der Waals surface area contributed by atoms with Gasteiger partial charge >= 0.3 is 6.03 Å². The molecule has 2 aromatic carbocycles. The second-order valence-electron chi connectivity index (χ2n) is 5.69. The van der Waals surface area contributed by atoms with Crippen LogP contribution < -0.4 is 15.5 Å². The summed E-state index contributed by atoms with van der Waals surface area (Å²) < 4.78 is 0. The third-order valence-electron chi connectivity index (χ3n) is 3.62. The molecule has 2 rings (SSSR count). The van der Waals surface area contributed by atoms with Gasteiger partial charge in [-0.2, -0.15) is 0 Å². The Balaban J connectivity index is 1.77. The lowest BCUT2D eigenvalue weighted by atomic mass is 10.1. The van der Waals surface area contributed by atoms with Crippen molar-refractivity contribution in [3.05, 3.63) is 64.7 Å². The van der Waals surface area contributed by atoms with Crippen LogP contribution in [0.3, 0.4) is 0 Å². The maximum atomic E-state index is 11.8. The summed E-state index contributed by atoms with van der Waals surface area (Å²) in [7, 11) is 3.91. The molecular weight excluding hydrogens is 326 g/mol. The lowest BCUT2D eigenvalue weighted by Crippen LogP contribution is -2.37. The van der Waals surface area contributed by atoms with Crippen molar-refractivity contribution in [3.63, 3.8) is 0 Å². The Morgan fingerprint density at radius 3 is 2.29 bits per heavy atom. The maximum absolute atomic E-state index is 11.8. The van der Waals surface area contributed by atoms with Crippen LogP contribution >= 0.6 is 11.6 Å². The van der Waals surface area contributed by atoms with Gasteiger partial charge in [-0.05, 0) is 35.4 Å². The van der Waals surface area contributed by atoms with Gasteiger partial charge in [0.25, 0.3) is 0 Å². The first-order valence-electron chi connectivity index (χ1n) is 7.67. The van der Waals surface area contributed by atoms with Gasteiger partial charge in [0.05, 0.1) is 6.10 Å². The van der Waals surface area contributed by atoms with Crippen LogP contribution in [0.2, 0.25) is 5.02 Å². The summed E-state index contributed by atoms with van der Waals surface area (Å²) in [5.41, 5.74) is 2.77. The largest absolute Gasteiger partial charge is 0.387 e. The normalized spacial score (nSPS) is 11.7. The first kappa shape index (κ1) is 18.1. The van der Waals surface area contributed by atoms with Gasteiger partial charge in [-0.15, -0.1) is 0 Å². The van der Waals surface area contributed by atoms with Crippen LogP contribution in [-0.2, 0) is 6.54 Å². The average molecular weight is 348 g/mol. The molecular formula is C18H22ClN3O2. The van der Waals surface area contributed by atoms with Crippen LogP contribution in [0.25, 0.3) is 0 Å². The van der Waals surface area contributed by atoms with Gasteiger partial charge in [-0.3, -0.25) is 0 Å². The molecule has 1 atom stereocenters. The van der Waals surface area contributed by atoms with Gasteiger partial charge in [-0.1, -0.05) is 35.9 Å². The van der Waals surface area contributed by atoms with E-state index in [1.54, 1.807) is 12.1 Å². The van der Waals surface area contributed by atoms with Crippen LogP contribution in [0.15, 0.2) is 48.5 Å². The van der Waals surface area contributed by atoms with E-state index in [1.165, 1.54) is 0 Å². The SMILES string of the molecule is CN(C)c1ccc([C@@H](O)CNC(=O)NCc2ccc(Cl)cc2)cc1. The predicted octanol–water partition coefficient (Wildman–Crippen LogP) is 2.94. The van der Waals surface area contributed by atoms with Crippen molar-refractivity contribution in [1.29, 1.82) is 0 Å². The monoisotopic (exact) mass is 347 g/mol. The van der Waals surface area contributed by atoms with E-state index in [4.69, 9.17) is 11.6 Å². The number of nitrogens with one attached hydrogen (secondary N) is 2. The number of carbonyl (C=O) groups excluding carboxylic acids is 1. The summed E-state index contributed by atoms with van der Waals surface area (Å²) in [6, 6.07) is 14.5. The molecule has 0 spiro atoms. The summed E-state index contributed by atoms with van der Waals surface area (Å²) >= 11 is 5.81. The summed E-state index contributed by atoms with van der Waals surface area (Å²) in [4.78, 5) is 13.8. The van der Waals surface area contributed by atoms with Gasteiger partial charge in [-0.25, -0.2) is 4.79 Å². The zero-order chi connectivity index (χ0) is 17.5. The van der Waals surface area contributed by atoms with Crippen LogP contribution in [0, 0.1) is 0 Å². The number of aliphatic hydroxyl groups excluding tert-OH is 1. The van der Waals surface area contributed by atoms with Crippen molar-refractivity contribution in [2.45, 2.75) is 12.6 Å². The minimum absolute atomic E-state index is 0.147. The molecule has 0 radical (unpaired) electrons. The molecule has 0 aromatic heterocycles. The van der Waals surface area contributed by atoms with E-state index in [-0.39, 0.29) is 12.6 Å². The van der Waals surface area contributed by atoms with Crippen LogP contribution in [0.1, 0.15) is 17.2 Å². The summed E-state index contributed by atoms with van der Waals surface area (Å²) in [6.45, 7) is 0.546. The fraction of sp³-hybridized carbons (Fsp3) is 0.278. The van der Waals surface area contributed by atoms with E-state index >= 15 is 0 Å². The third-order valence-corrected chi connectivity index (χ3v) is 3.87. The third kappa shape index (κ3) is 5.44. The fourth-order valence-electron chi connectivity index (χ4n) is 2.15. The van der Waals surface area contributed by atoms with E-state index in [0.29, 0.717) is 11.6 Å². The molecule has 2 amide bonds. The molecule has 0 saturated heterocycles. The second-order valence-corrected chi connectivity index (χ2v) is 6.13. The number of aliphatic hydroxyl groups is 1. The highest BCUT2D eigenvalue weighted by Gasteiger charge is 2.09. The Morgan fingerprint density at radius 1 is 1.08 bits per heavy atom. The fourth-order valence-corrected chi connectivity index (χ4v) is 2.27. The van der Waals surface area contributed by atoms with E-state index in [0.717, 1.165) is 16.8 Å². The number of carbonyl (C=O) groups is 1. The van der Waals surface area contributed by atoms with Gasteiger partial charge in [0.15, 0.2) is 0 Å². The lowest BCUT2D eigenvalue weighted by Gasteiger charge is -2.16. The molecule has 24 heavy (non-hydrogen) atoms. The number of halogens is 1. The van der Waals surface area contributed by atoms with E-state index < -0.39 is 6.10 Å². The maximum Gasteiger partial charge on any atom is 0.315 e. The molecule has 0 saturated carbocycles. The summed E-state index contributed by atoms with van der Waals surface area (Å²) in [5.74, 6) is 0. The zero-order valence-electron chi connectivity index (χ0n) is 13.8. The van der Waals surface area contributed by atoms with Gasteiger partial charge < -0.3 is 20.6 Å². The Labute approximate surface area is 147 Å². The predicted molar refractivity (Wildman–Crippen MR) is 97.4 cm³/mol. The number of hydrogen-bond acceptors (Lipinski definition) is 3. The van der Waals surface area contributed by atoms with Crippen molar-refractivity contribution in [1.82, 2.24) is 10.6 Å². The van der Waals surface area contributed by atoms with Crippen LogP contribution in [-0.4, -0.2) is 31.8 Å². The highest BCUT2D eigenvalue weighted by Crippen LogP contribution is 2.17. The number of urea groups is 1. The van der Waals surface area contributed by atoms with Crippen LogP contribution in [0.5, 0.6) is 0 Å². The molecule has 2 aromatic rings. The molecule has 0 aliphatic rings. The Bertz CT molecular complexity index is 657. The zero-order valence-corrected chi connectivity index (χ0v) is 14.5. The quantitative estimate of drug-likeness (QED) is 0.752. The molecule has 128 valence electrons. The molecule has 0 aliphatic carbocycles. The summed E-state index contributed by atoms with van der Waals surface area (Å²) in [6.07, 6.45) is -0.748. The smallest absolute Gasteiger partial charge is 0.315 e. The van der Waals surface area contributed by atoms with E-state index in [2.05, 4.69) is 10.6 Å². The van der Waals surface area contributed by atoms with Crippen molar-refractivity contribution in [3.8, 4) is 0 Å². The first-order valence-corrected chi connectivity index (χ1v) is 8.05. The molecule has 0 aliphatic heterocycles. The molecule has 0 unspecified atom stereocenters. The van der Waals surface area contributed by atoms with Crippen LogP contribution in [0.4, 0.5) is 10.5 Å². The number of nitrogens with zero attached hydrogens (tertiary/aromatic N) is 1. The van der Waals surface area contributed by atoms with Crippen molar-refractivity contribution < 1.29 is 9.90 Å².